The second kappa shape index (κ2) is 5.78. The number of aliphatic carboxylic acids is 1. The van der Waals surface area contributed by atoms with Crippen LogP contribution in [0.4, 0.5) is 0 Å². The van der Waals surface area contributed by atoms with Crippen LogP contribution in [0.15, 0.2) is 0 Å². The molecule has 0 aromatic carbocycles. The van der Waals surface area contributed by atoms with Crippen LogP contribution in [0.2, 0.25) is 0 Å². The van der Waals surface area contributed by atoms with Crippen LogP contribution in [0, 0.1) is 0 Å². The zero-order chi connectivity index (χ0) is 12.1. The summed E-state index contributed by atoms with van der Waals surface area (Å²) in [5, 5.41) is 14.2. The Hall–Kier alpha value is -1.18. The Balaban J connectivity index is 2.33. The van der Waals surface area contributed by atoms with Gasteiger partial charge in [0.2, 0.25) is 5.91 Å². The molecule has 1 heterocycles. The molecule has 1 rings (SSSR count). The van der Waals surface area contributed by atoms with E-state index in [9.17, 15) is 9.59 Å². The topological polar surface area (TPSA) is 114 Å². The summed E-state index contributed by atoms with van der Waals surface area (Å²) in [5.74, 6) is -1.22. The Bertz CT molecular complexity index is 271. The third kappa shape index (κ3) is 3.44. The molecule has 0 saturated carbocycles. The van der Waals surface area contributed by atoms with Gasteiger partial charge in [0.1, 0.15) is 12.1 Å². The van der Waals surface area contributed by atoms with Crippen molar-refractivity contribution in [2.24, 2.45) is 5.73 Å². The predicted molar refractivity (Wildman–Crippen MR) is 55.8 cm³/mol. The van der Waals surface area contributed by atoms with Gasteiger partial charge in [0.05, 0.1) is 6.61 Å². The van der Waals surface area contributed by atoms with Crippen molar-refractivity contribution in [3.05, 3.63) is 0 Å². The van der Waals surface area contributed by atoms with Gasteiger partial charge in [-0.2, -0.15) is 0 Å². The summed E-state index contributed by atoms with van der Waals surface area (Å²) < 4.78 is 4.75. The van der Waals surface area contributed by atoms with Gasteiger partial charge in [-0.3, -0.25) is 9.59 Å². The van der Waals surface area contributed by atoms with Crippen molar-refractivity contribution in [2.45, 2.75) is 24.5 Å². The standard InChI is InChI=1S/C9H17N3O4/c1-16-4-6(10)8(13)12-5-2-7(9(14)15)11-3-5/h5-7,11H,2-4,10H2,1H3,(H,12,13)(H,14,15). The lowest BCUT2D eigenvalue weighted by atomic mass is 10.1. The number of carboxylic acids is 1. The van der Waals surface area contributed by atoms with Gasteiger partial charge in [0, 0.05) is 19.7 Å². The van der Waals surface area contributed by atoms with E-state index in [1.54, 1.807) is 0 Å². The minimum Gasteiger partial charge on any atom is -0.480 e. The van der Waals surface area contributed by atoms with Crippen LogP contribution in [0.1, 0.15) is 6.42 Å². The number of carbonyl (C=O) groups is 2. The number of nitrogens with one attached hydrogen (secondary N) is 2. The van der Waals surface area contributed by atoms with E-state index in [2.05, 4.69) is 10.6 Å². The van der Waals surface area contributed by atoms with Crippen LogP contribution in [0.25, 0.3) is 0 Å². The molecular formula is C9H17N3O4. The fraction of sp³-hybridized carbons (Fsp3) is 0.778. The molecule has 1 fully saturated rings. The molecule has 0 radical (unpaired) electrons. The Labute approximate surface area is 93.3 Å². The highest BCUT2D eigenvalue weighted by molar-refractivity contribution is 5.82. The van der Waals surface area contributed by atoms with E-state index < -0.39 is 18.1 Å². The largest absolute Gasteiger partial charge is 0.480 e. The van der Waals surface area contributed by atoms with E-state index in [4.69, 9.17) is 15.6 Å². The van der Waals surface area contributed by atoms with Crippen LogP contribution < -0.4 is 16.4 Å². The number of ether oxygens (including phenoxy) is 1. The zero-order valence-corrected chi connectivity index (χ0v) is 9.10. The molecule has 1 aliphatic heterocycles. The maximum atomic E-state index is 11.5. The van der Waals surface area contributed by atoms with Gasteiger partial charge in [-0.25, -0.2) is 0 Å². The Morgan fingerprint density at radius 2 is 2.38 bits per heavy atom. The normalized spacial score (nSPS) is 26.4. The zero-order valence-electron chi connectivity index (χ0n) is 9.10. The van der Waals surface area contributed by atoms with E-state index in [0.29, 0.717) is 13.0 Å². The van der Waals surface area contributed by atoms with Crippen molar-refractivity contribution in [2.75, 3.05) is 20.3 Å². The Morgan fingerprint density at radius 1 is 1.69 bits per heavy atom. The molecule has 92 valence electrons. The molecule has 3 unspecified atom stereocenters. The number of hydrogen-bond acceptors (Lipinski definition) is 5. The summed E-state index contributed by atoms with van der Waals surface area (Å²) in [6.07, 6.45) is 0.376. The average molecular weight is 231 g/mol. The summed E-state index contributed by atoms with van der Waals surface area (Å²) in [7, 11) is 1.46. The third-order valence-corrected chi connectivity index (χ3v) is 2.46. The van der Waals surface area contributed by atoms with Crippen LogP contribution in [-0.4, -0.2) is 55.4 Å². The van der Waals surface area contributed by atoms with E-state index >= 15 is 0 Å². The molecule has 16 heavy (non-hydrogen) atoms. The monoisotopic (exact) mass is 231 g/mol. The summed E-state index contributed by atoms with van der Waals surface area (Å²) in [6, 6.07) is -1.49. The summed E-state index contributed by atoms with van der Waals surface area (Å²) in [6.45, 7) is 0.594. The van der Waals surface area contributed by atoms with Crippen LogP contribution in [0.3, 0.4) is 0 Å². The first-order valence-corrected chi connectivity index (χ1v) is 5.05. The number of amides is 1. The first-order valence-electron chi connectivity index (χ1n) is 5.05. The molecule has 7 nitrogen and oxygen atoms in total. The quantitative estimate of drug-likeness (QED) is 0.430. The molecule has 5 N–H and O–H groups in total. The highest BCUT2D eigenvalue weighted by atomic mass is 16.5. The van der Waals surface area contributed by atoms with Gasteiger partial charge in [0.25, 0.3) is 0 Å². The summed E-state index contributed by atoms with van der Waals surface area (Å²) >= 11 is 0. The molecule has 7 heteroatoms. The number of carbonyl (C=O) groups excluding carboxylic acids is 1. The molecule has 1 aliphatic rings. The van der Waals surface area contributed by atoms with Crippen molar-refractivity contribution >= 4 is 11.9 Å². The molecule has 1 amide bonds. The number of carboxylic acid groups (broad SMARTS) is 1. The second-order valence-corrected chi connectivity index (χ2v) is 3.80. The minimum absolute atomic E-state index is 0.147. The van der Waals surface area contributed by atoms with Gasteiger partial charge < -0.3 is 26.2 Å². The number of hydrogen-bond donors (Lipinski definition) is 4. The highest BCUT2D eigenvalue weighted by Crippen LogP contribution is 2.06. The maximum Gasteiger partial charge on any atom is 0.320 e. The fourth-order valence-corrected chi connectivity index (χ4v) is 1.60. The molecular weight excluding hydrogens is 214 g/mol. The first kappa shape index (κ1) is 12.9. The van der Waals surface area contributed by atoms with E-state index in [0.717, 1.165) is 0 Å². The van der Waals surface area contributed by atoms with Crippen molar-refractivity contribution in [3.8, 4) is 0 Å². The molecule has 0 aromatic heterocycles. The van der Waals surface area contributed by atoms with Crippen molar-refractivity contribution in [1.29, 1.82) is 0 Å². The van der Waals surface area contributed by atoms with Crippen LogP contribution >= 0.6 is 0 Å². The van der Waals surface area contributed by atoms with Crippen molar-refractivity contribution in [3.63, 3.8) is 0 Å². The van der Waals surface area contributed by atoms with E-state index in [1.807, 2.05) is 0 Å². The third-order valence-electron chi connectivity index (χ3n) is 2.46. The first-order chi connectivity index (χ1) is 7.54. The molecule has 0 bridgehead atoms. The van der Waals surface area contributed by atoms with Crippen LogP contribution in [-0.2, 0) is 14.3 Å². The average Bonchev–Trinajstić information content (AvgIpc) is 2.66. The molecule has 0 aliphatic carbocycles. The second-order valence-electron chi connectivity index (χ2n) is 3.80. The molecule has 1 saturated heterocycles. The van der Waals surface area contributed by atoms with E-state index in [1.165, 1.54) is 7.11 Å². The Kier molecular flexibility index (Phi) is 4.66. The van der Waals surface area contributed by atoms with Crippen molar-refractivity contribution in [1.82, 2.24) is 10.6 Å². The van der Waals surface area contributed by atoms with Gasteiger partial charge in [-0.15, -0.1) is 0 Å². The number of methoxy groups -OCH3 is 1. The maximum absolute atomic E-state index is 11.5. The van der Waals surface area contributed by atoms with Crippen LogP contribution in [0.5, 0.6) is 0 Å². The number of nitrogens with two attached hydrogens (primary N) is 1. The highest BCUT2D eigenvalue weighted by Gasteiger charge is 2.30. The Morgan fingerprint density at radius 3 is 2.88 bits per heavy atom. The minimum atomic E-state index is -0.905. The summed E-state index contributed by atoms with van der Waals surface area (Å²) in [5.41, 5.74) is 5.53. The van der Waals surface area contributed by atoms with Gasteiger partial charge >= 0.3 is 5.97 Å². The smallest absolute Gasteiger partial charge is 0.320 e. The lowest BCUT2D eigenvalue weighted by Gasteiger charge is -2.15. The van der Waals surface area contributed by atoms with Gasteiger partial charge in [-0.1, -0.05) is 0 Å². The van der Waals surface area contributed by atoms with Gasteiger partial charge in [-0.05, 0) is 6.42 Å². The van der Waals surface area contributed by atoms with Crippen molar-refractivity contribution < 1.29 is 19.4 Å². The van der Waals surface area contributed by atoms with Gasteiger partial charge in [0.15, 0.2) is 0 Å². The van der Waals surface area contributed by atoms with E-state index in [-0.39, 0.29) is 18.6 Å². The number of rotatable bonds is 5. The molecule has 0 aromatic rings. The lowest BCUT2D eigenvalue weighted by Crippen LogP contribution is -2.48. The molecule has 0 spiro atoms. The summed E-state index contributed by atoms with van der Waals surface area (Å²) in [4.78, 5) is 22.1. The SMILES string of the molecule is COCC(N)C(=O)NC1CNC(C(=O)O)C1. The molecule has 3 atom stereocenters. The fourth-order valence-electron chi connectivity index (χ4n) is 1.60. The lowest BCUT2D eigenvalue weighted by molar-refractivity contribution is -0.139. The predicted octanol–water partition coefficient (Wildman–Crippen LogP) is -2.11.